The highest BCUT2D eigenvalue weighted by atomic mass is 19.2. The summed E-state index contributed by atoms with van der Waals surface area (Å²) in [6.07, 6.45) is 0.0661. The number of primary amides is 1. The predicted octanol–water partition coefficient (Wildman–Crippen LogP) is 3.00. The molecular weight excluding hydrogens is 396 g/mol. The molecule has 7 nitrogen and oxygen atoms in total. The molecule has 30 heavy (non-hydrogen) atoms. The van der Waals surface area contributed by atoms with Crippen molar-refractivity contribution < 1.29 is 32.0 Å². The Kier molecular flexibility index (Phi) is 4.73. The zero-order valence-electron chi connectivity index (χ0n) is 19.5. The summed E-state index contributed by atoms with van der Waals surface area (Å²) in [5.41, 5.74) is 4.46. The molecule has 1 aromatic carbocycles. The summed E-state index contributed by atoms with van der Waals surface area (Å²) in [5, 5.41) is 2.60. The molecule has 3 rings (SSSR count). The van der Waals surface area contributed by atoms with Gasteiger partial charge >= 0.3 is 0 Å². The van der Waals surface area contributed by atoms with Crippen molar-refractivity contribution >= 4 is 17.5 Å². The van der Waals surface area contributed by atoms with Gasteiger partial charge in [-0.25, -0.2) is 4.39 Å². The van der Waals surface area contributed by atoms with Crippen molar-refractivity contribution in [2.75, 3.05) is 12.4 Å². The van der Waals surface area contributed by atoms with E-state index < -0.39 is 59.8 Å². The van der Waals surface area contributed by atoms with Crippen molar-refractivity contribution in [2.45, 2.75) is 38.4 Å². The van der Waals surface area contributed by atoms with E-state index in [1.54, 1.807) is 20.8 Å². The number of anilines is 1. The van der Waals surface area contributed by atoms with Crippen LogP contribution >= 0.6 is 0 Å². The third-order valence-electron chi connectivity index (χ3n) is 5.47. The molecular formula is C21H23F2N3O4. The number of rotatable bonds is 5. The van der Waals surface area contributed by atoms with E-state index >= 15 is 0 Å². The molecule has 2 aromatic rings. The average Bonchev–Trinajstić information content (AvgIpc) is 2.95. The van der Waals surface area contributed by atoms with Gasteiger partial charge in [-0.1, -0.05) is 13.0 Å². The van der Waals surface area contributed by atoms with Gasteiger partial charge in [0.05, 0.1) is 16.8 Å². The first-order valence-corrected chi connectivity index (χ1v) is 9.12. The van der Waals surface area contributed by atoms with E-state index in [0.29, 0.717) is 0 Å². The molecule has 1 saturated heterocycles. The van der Waals surface area contributed by atoms with E-state index in [1.807, 2.05) is 0 Å². The molecule has 0 radical (unpaired) electrons. The van der Waals surface area contributed by atoms with E-state index in [1.165, 1.54) is 24.4 Å². The van der Waals surface area contributed by atoms with Gasteiger partial charge in [-0.2, -0.15) is 4.39 Å². The van der Waals surface area contributed by atoms with Crippen molar-refractivity contribution in [2.24, 2.45) is 11.7 Å². The van der Waals surface area contributed by atoms with E-state index in [-0.39, 0.29) is 16.9 Å². The van der Waals surface area contributed by atoms with Gasteiger partial charge in [0.2, 0.25) is 5.82 Å². The van der Waals surface area contributed by atoms with Crippen LogP contribution in [0.4, 0.5) is 14.5 Å². The van der Waals surface area contributed by atoms with Gasteiger partial charge in [-0.3, -0.25) is 14.6 Å². The SMILES string of the molecule is [2H]C([2H])([2H])Oc1c([C@H]2[C@H](C(=O)Nc3ccnc(C(N)=O)c3)OC(C)(C)[C@H]2C)ccc(F)c1F. The van der Waals surface area contributed by atoms with Crippen molar-refractivity contribution in [3.8, 4) is 5.75 Å². The average molecular weight is 422 g/mol. The minimum absolute atomic E-state index is 0.0178. The van der Waals surface area contributed by atoms with Crippen LogP contribution in [0.2, 0.25) is 0 Å². The van der Waals surface area contributed by atoms with Gasteiger partial charge in [-0.05, 0) is 38.0 Å². The number of carbonyl (C=O) groups excluding carboxylic acids is 2. The van der Waals surface area contributed by atoms with Crippen LogP contribution in [-0.4, -0.2) is 35.5 Å². The first-order valence-electron chi connectivity index (χ1n) is 10.6. The maximum absolute atomic E-state index is 14.6. The van der Waals surface area contributed by atoms with E-state index in [2.05, 4.69) is 10.3 Å². The number of amides is 2. The Hall–Kier alpha value is -3.07. The number of pyridine rings is 1. The van der Waals surface area contributed by atoms with Gasteiger partial charge in [0.15, 0.2) is 11.6 Å². The lowest BCUT2D eigenvalue weighted by atomic mass is 9.78. The minimum atomic E-state index is -3.05. The fourth-order valence-electron chi connectivity index (χ4n) is 3.62. The number of nitrogens with one attached hydrogen (secondary N) is 1. The zero-order valence-corrected chi connectivity index (χ0v) is 16.5. The molecule has 1 aliphatic heterocycles. The second kappa shape index (κ2) is 7.98. The minimum Gasteiger partial charge on any atom is -0.493 e. The number of methoxy groups -OCH3 is 1. The lowest BCUT2D eigenvalue weighted by molar-refractivity contribution is -0.131. The van der Waals surface area contributed by atoms with Gasteiger partial charge < -0.3 is 20.5 Å². The number of aromatic nitrogens is 1. The van der Waals surface area contributed by atoms with Gasteiger partial charge in [-0.15, -0.1) is 0 Å². The number of nitrogens with zero attached hydrogens (tertiary/aromatic N) is 1. The number of ether oxygens (including phenoxy) is 2. The van der Waals surface area contributed by atoms with Crippen molar-refractivity contribution in [3.63, 3.8) is 0 Å². The fourth-order valence-corrected chi connectivity index (χ4v) is 3.62. The Morgan fingerprint density at radius 1 is 1.33 bits per heavy atom. The van der Waals surface area contributed by atoms with E-state index in [4.69, 9.17) is 19.3 Å². The summed E-state index contributed by atoms with van der Waals surface area (Å²) in [7, 11) is -3.05. The summed E-state index contributed by atoms with van der Waals surface area (Å²) in [5.74, 6) is -6.32. The second-order valence-corrected chi connectivity index (χ2v) is 7.62. The smallest absolute Gasteiger partial charge is 0.267 e. The van der Waals surface area contributed by atoms with Gasteiger partial charge in [0, 0.05) is 23.4 Å². The molecule has 3 N–H and O–H groups in total. The molecule has 1 aliphatic rings. The first kappa shape index (κ1) is 17.8. The molecule has 2 heterocycles. The maximum atomic E-state index is 14.6. The van der Waals surface area contributed by atoms with Crippen LogP contribution in [0.15, 0.2) is 30.5 Å². The lowest BCUT2D eigenvalue weighted by Gasteiger charge is -2.25. The fraction of sp³-hybridized carbons (Fsp3) is 0.381. The van der Waals surface area contributed by atoms with E-state index in [9.17, 15) is 18.4 Å². The van der Waals surface area contributed by atoms with Crippen LogP contribution < -0.4 is 15.8 Å². The topological polar surface area (TPSA) is 104 Å². The molecule has 1 fully saturated rings. The Bertz CT molecular complexity index is 1090. The third kappa shape index (κ3) is 3.85. The van der Waals surface area contributed by atoms with Crippen LogP contribution in [0.3, 0.4) is 0 Å². The summed E-state index contributed by atoms with van der Waals surface area (Å²) in [4.78, 5) is 28.3. The Morgan fingerprint density at radius 2 is 2.07 bits per heavy atom. The number of hydrogen-bond acceptors (Lipinski definition) is 5. The summed E-state index contributed by atoms with van der Waals surface area (Å²) < 4.78 is 61.3. The number of halogens is 2. The molecule has 0 bridgehead atoms. The highest BCUT2D eigenvalue weighted by molar-refractivity contribution is 5.97. The van der Waals surface area contributed by atoms with Crippen LogP contribution in [0.1, 0.15) is 46.9 Å². The molecule has 160 valence electrons. The van der Waals surface area contributed by atoms with Crippen LogP contribution in [0.5, 0.6) is 5.75 Å². The molecule has 2 amide bonds. The monoisotopic (exact) mass is 422 g/mol. The molecule has 0 unspecified atom stereocenters. The van der Waals surface area contributed by atoms with Crippen LogP contribution in [0.25, 0.3) is 0 Å². The Balaban J connectivity index is 2.03. The van der Waals surface area contributed by atoms with Crippen LogP contribution in [-0.2, 0) is 9.53 Å². The highest BCUT2D eigenvalue weighted by Gasteiger charge is 2.51. The van der Waals surface area contributed by atoms with Crippen molar-refractivity contribution in [1.29, 1.82) is 0 Å². The molecule has 0 saturated carbocycles. The normalized spacial score (nSPS) is 24.4. The summed E-state index contributed by atoms with van der Waals surface area (Å²) in [6, 6.07) is 4.73. The van der Waals surface area contributed by atoms with Gasteiger partial charge in [0.1, 0.15) is 11.8 Å². The molecule has 3 atom stereocenters. The number of hydrogen-bond donors (Lipinski definition) is 2. The summed E-state index contributed by atoms with van der Waals surface area (Å²) in [6.45, 7) is 5.19. The predicted molar refractivity (Wildman–Crippen MR) is 105 cm³/mol. The second-order valence-electron chi connectivity index (χ2n) is 7.62. The molecule has 0 aliphatic carbocycles. The molecule has 0 spiro atoms. The summed E-state index contributed by atoms with van der Waals surface area (Å²) >= 11 is 0. The van der Waals surface area contributed by atoms with Crippen molar-refractivity contribution in [1.82, 2.24) is 4.98 Å². The number of benzene rings is 1. The lowest BCUT2D eigenvalue weighted by Crippen LogP contribution is -2.33. The van der Waals surface area contributed by atoms with Crippen molar-refractivity contribution in [3.05, 3.63) is 53.4 Å². The highest BCUT2D eigenvalue weighted by Crippen LogP contribution is 2.49. The third-order valence-corrected chi connectivity index (χ3v) is 5.47. The van der Waals surface area contributed by atoms with Crippen LogP contribution in [0, 0.1) is 17.6 Å². The maximum Gasteiger partial charge on any atom is 0.267 e. The standard InChI is InChI=1S/C21H23F2N3O4/c1-10-15(12-5-6-13(22)16(23)17(12)29-4)18(30-21(10,2)3)20(28)26-11-7-8-25-14(9-11)19(24)27/h5-10,15,18H,1-4H3,(H2,24,27)(H,25,26,28)/t10-,15-,18+/m0/s1/i4D3. The quantitative estimate of drug-likeness (QED) is 0.771. The first-order chi connectivity index (χ1) is 15.2. The molecule has 9 heteroatoms. The number of nitrogens with two attached hydrogens (primary N) is 1. The largest absolute Gasteiger partial charge is 0.493 e. The Labute approximate surface area is 176 Å². The Morgan fingerprint density at radius 3 is 2.73 bits per heavy atom. The van der Waals surface area contributed by atoms with Gasteiger partial charge in [0.25, 0.3) is 11.8 Å². The van der Waals surface area contributed by atoms with E-state index in [0.717, 1.165) is 6.07 Å². The zero-order chi connectivity index (χ0) is 24.7. The molecule has 1 aromatic heterocycles. The number of carbonyl (C=O) groups is 2.